The number of hydrogen-bond donors (Lipinski definition) is 1. The van der Waals surface area contributed by atoms with E-state index in [1.165, 1.54) is 30.6 Å². The first-order valence-corrected chi connectivity index (χ1v) is 6.35. The predicted octanol–water partition coefficient (Wildman–Crippen LogP) is 1.84. The Balaban J connectivity index is 2.26. The Hall–Kier alpha value is -2.55. The number of nitro groups is 1. The second kappa shape index (κ2) is 6.06. The molecule has 20 heavy (non-hydrogen) atoms. The standard InChI is InChI=1S/C11H10N4O4S/c1-19-11(16)7-2-3-8(15(17)18)10(14-7)13-6-9-12-4-5-20-9/h2-5H,6H2,1H3,(H,13,14). The molecular weight excluding hydrogens is 284 g/mol. The van der Waals surface area contributed by atoms with Gasteiger partial charge >= 0.3 is 11.7 Å². The van der Waals surface area contributed by atoms with E-state index in [4.69, 9.17) is 0 Å². The van der Waals surface area contributed by atoms with E-state index in [9.17, 15) is 14.9 Å². The van der Waals surface area contributed by atoms with Crippen LogP contribution in [-0.4, -0.2) is 28.0 Å². The fourth-order valence-electron chi connectivity index (χ4n) is 1.45. The molecule has 0 bridgehead atoms. The zero-order chi connectivity index (χ0) is 14.5. The molecule has 0 radical (unpaired) electrons. The third-order valence-corrected chi connectivity index (χ3v) is 3.14. The summed E-state index contributed by atoms with van der Waals surface area (Å²) in [7, 11) is 1.22. The maximum Gasteiger partial charge on any atom is 0.356 e. The highest BCUT2D eigenvalue weighted by molar-refractivity contribution is 7.09. The summed E-state index contributed by atoms with van der Waals surface area (Å²) in [4.78, 5) is 29.7. The molecule has 0 aliphatic carbocycles. The van der Waals surface area contributed by atoms with Crippen molar-refractivity contribution in [3.05, 3.63) is 44.5 Å². The number of carbonyl (C=O) groups is 1. The fraction of sp³-hybridized carbons (Fsp3) is 0.182. The number of nitrogens with one attached hydrogen (secondary N) is 1. The van der Waals surface area contributed by atoms with Gasteiger partial charge in [-0.3, -0.25) is 10.1 Å². The minimum atomic E-state index is -0.655. The number of ether oxygens (including phenoxy) is 1. The highest BCUT2D eigenvalue weighted by Crippen LogP contribution is 2.23. The number of rotatable bonds is 5. The van der Waals surface area contributed by atoms with E-state index in [2.05, 4.69) is 20.0 Å². The number of hydrogen-bond acceptors (Lipinski definition) is 8. The van der Waals surface area contributed by atoms with Crippen LogP contribution in [0.15, 0.2) is 23.7 Å². The Morgan fingerprint density at radius 3 is 2.95 bits per heavy atom. The Kier molecular flexibility index (Phi) is 4.20. The second-order valence-electron chi connectivity index (χ2n) is 3.59. The lowest BCUT2D eigenvalue weighted by Gasteiger charge is -2.06. The summed E-state index contributed by atoms with van der Waals surface area (Å²) in [5, 5.41) is 16.3. The summed E-state index contributed by atoms with van der Waals surface area (Å²) in [6, 6.07) is 2.46. The molecule has 0 unspecified atom stereocenters. The molecule has 2 aromatic rings. The largest absolute Gasteiger partial charge is 0.464 e. The van der Waals surface area contributed by atoms with Crippen LogP contribution in [0.5, 0.6) is 0 Å². The van der Waals surface area contributed by atoms with Crippen LogP contribution >= 0.6 is 11.3 Å². The number of esters is 1. The molecule has 2 aromatic heterocycles. The van der Waals surface area contributed by atoms with Gasteiger partial charge in [-0.15, -0.1) is 11.3 Å². The van der Waals surface area contributed by atoms with Crippen molar-refractivity contribution < 1.29 is 14.5 Å². The average molecular weight is 294 g/mol. The number of anilines is 1. The summed E-state index contributed by atoms with van der Waals surface area (Å²) in [6.45, 7) is 0.288. The van der Waals surface area contributed by atoms with Crippen LogP contribution in [-0.2, 0) is 11.3 Å². The van der Waals surface area contributed by atoms with Gasteiger partial charge in [0.1, 0.15) is 5.01 Å². The second-order valence-corrected chi connectivity index (χ2v) is 4.57. The summed E-state index contributed by atoms with van der Waals surface area (Å²) in [5.41, 5.74) is -0.214. The Bertz CT molecular complexity index is 629. The number of nitrogens with zero attached hydrogens (tertiary/aromatic N) is 3. The van der Waals surface area contributed by atoms with Crippen LogP contribution in [0.4, 0.5) is 11.5 Å². The van der Waals surface area contributed by atoms with Crippen molar-refractivity contribution in [1.82, 2.24) is 9.97 Å². The zero-order valence-electron chi connectivity index (χ0n) is 10.4. The van der Waals surface area contributed by atoms with Gasteiger partial charge in [-0.1, -0.05) is 0 Å². The van der Waals surface area contributed by atoms with Crippen molar-refractivity contribution in [2.24, 2.45) is 0 Å². The number of carbonyl (C=O) groups excluding carboxylic acids is 1. The molecule has 0 fully saturated rings. The first kappa shape index (κ1) is 13.9. The molecule has 9 heteroatoms. The quantitative estimate of drug-likeness (QED) is 0.509. The van der Waals surface area contributed by atoms with Gasteiger partial charge in [0, 0.05) is 17.6 Å². The number of thiazole rings is 1. The van der Waals surface area contributed by atoms with Gasteiger partial charge in [-0.2, -0.15) is 0 Å². The molecule has 0 amide bonds. The molecular formula is C11H10N4O4S. The SMILES string of the molecule is COC(=O)c1ccc([N+](=O)[O-])c(NCc2nccs2)n1. The van der Waals surface area contributed by atoms with Crippen molar-refractivity contribution in [2.75, 3.05) is 12.4 Å². The van der Waals surface area contributed by atoms with Crippen LogP contribution in [0, 0.1) is 10.1 Å². The van der Waals surface area contributed by atoms with Gasteiger partial charge in [-0.05, 0) is 6.07 Å². The van der Waals surface area contributed by atoms with Crippen LogP contribution in [0.25, 0.3) is 0 Å². The lowest BCUT2D eigenvalue weighted by Crippen LogP contribution is -2.09. The lowest BCUT2D eigenvalue weighted by molar-refractivity contribution is -0.384. The van der Waals surface area contributed by atoms with E-state index in [0.29, 0.717) is 0 Å². The molecule has 0 saturated carbocycles. The van der Waals surface area contributed by atoms with Crippen molar-refractivity contribution in [1.29, 1.82) is 0 Å². The van der Waals surface area contributed by atoms with Gasteiger partial charge in [0.15, 0.2) is 5.69 Å². The molecule has 8 nitrogen and oxygen atoms in total. The third kappa shape index (κ3) is 3.06. The fourth-order valence-corrected chi connectivity index (χ4v) is 2.00. The van der Waals surface area contributed by atoms with Gasteiger partial charge in [0.25, 0.3) is 0 Å². The maximum absolute atomic E-state index is 11.4. The minimum Gasteiger partial charge on any atom is -0.464 e. The van der Waals surface area contributed by atoms with Crippen LogP contribution in [0.1, 0.15) is 15.5 Å². The van der Waals surface area contributed by atoms with E-state index < -0.39 is 10.9 Å². The molecule has 0 spiro atoms. The lowest BCUT2D eigenvalue weighted by atomic mass is 10.3. The van der Waals surface area contributed by atoms with Gasteiger partial charge in [0.05, 0.1) is 18.6 Å². The molecule has 0 saturated heterocycles. The van der Waals surface area contributed by atoms with E-state index in [1.807, 2.05) is 0 Å². The first-order chi connectivity index (χ1) is 9.61. The molecule has 2 rings (SSSR count). The van der Waals surface area contributed by atoms with E-state index in [0.717, 1.165) is 5.01 Å². The minimum absolute atomic E-state index is 0.000242. The van der Waals surface area contributed by atoms with Crippen molar-refractivity contribution in [2.45, 2.75) is 6.54 Å². The normalized spacial score (nSPS) is 10.1. The summed E-state index contributed by atoms with van der Waals surface area (Å²) >= 11 is 1.41. The van der Waals surface area contributed by atoms with Gasteiger partial charge in [0.2, 0.25) is 5.82 Å². The summed E-state index contributed by atoms with van der Waals surface area (Å²) in [6.07, 6.45) is 1.63. The monoisotopic (exact) mass is 294 g/mol. The van der Waals surface area contributed by atoms with Crippen molar-refractivity contribution in [3.63, 3.8) is 0 Å². The molecule has 1 N–H and O–H groups in total. The smallest absolute Gasteiger partial charge is 0.356 e. The van der Waals surface area contributed by atoms with Crippen LogP contribution < -0.4 is 5.32 Å². The Morgan fingerprint density at radius 1 is 1.55 bits per heavy atom. The number of pyridine rings is 1. The van der Waals surface area contributed by atoms with Crippen molar-refractivity contribution in [3.8, 4) is 0 Å². The first-order valence-electron chi connectivity index (χ1n) is 5.48. The average Bonchev–Trinajstić information content (AvgIpc) is 2.97. The maximum atomic E-state index is 11.4. The molecule has 104 valence electrons. The van der Waals surface area contributed by atoms with Gasteiger partial charge < -0.3 is 10.1 Å². The predicted molar refractivity (Wildman–Crippen MR) is 71.7 cm³/mol. The molecule has 2 heterocycles. The van der Waals surface area contributed by atoms with Crippen LogP contribution in [0.2, 0.25) is 0 Å². The van der Waals surface area contributed by atoms with E-state index in [1.54, 1.807) is 11.6 Å². The molecule has 0 aromatic carbocycles. The molecule has 0 atom stereocenters. The summed E-state index contributed by atoms with van der Waals surface area (Å²) in [5.74, 6) is -0.648. The van der Waals surface area contributed by atoms with E-state index in [-0.39, 0.29) is 23.7 Å². The Labute approximate surface area is 117 Å². The Morgan fingerprint density at radius 2 is 2.35 bits per heavy atom. The molecule has 0 aliphatic rings. The zero-order valence-corrected chi connectivity index (χ0v) is 11.2. The van der Waals surface area contributed by atoms with Crippen LogP contribution in [0.3, 0.4) is 0 Å². The number of methoxy groups -OCH3 is 1. The number of aromatic nitrogens is 2. The van der Waals surface area contributed by atoms with Gasteiger partial charge in [-0.25, -0.2) is 14.8 Å². The van der Waals surface area contributed by atoms with E-state index >= 15 is 0 Å². The highest BCUT2D eigenvalue weighted by Gasteiger charge is 2.19. The topological polar surface area (TPSA) is 107 Å². The highest BCUT2D eigenvalue weighted by atomic mass is 32.1. The third-order valence-electron chi connectivity index (χ3n) is 2.36. The summed E-state index contributed by atoms with van der Waals surface area (Å²) < 4.78 is 4.53. The molecule has 0 aliphatic heterocycles. The van der Waals surface area contributed by atoms with Crippen molar-refractivity contribution >= 4 is 28.8 Å².